The molecule has 0 radical (unpaired) electrons. The molecule has 0 nitrogen and oxygen atoms in total. The normalized spacial score (nSPS) is 13.0. The quantitative estimate of drug-likeness (QED) is 0.325. The van der Waals surface area contributed by atoms with Gasteiger partial charge in [0.05, 0.1) is 5.92 Å². The molecule has 0 fully saturated rings. The first-order valence-corrected chi connectivity index (χ1v) is 8.66. The van der Waals surface area contributed by atoms with E-state index in [1.807, 2.05) is 0 Å². The molecule has 0 bridgehead atoms. The molecule has 0 spiro atoms. The minimum Gasteiger partial charge on any atom is -0.204 e. The fourth-order valence-electron chi connectivity index (χ4n) is 2.92. The summed E-state index contributed by atoms with van der Waals surface area (Å²) in [4.78, 5) is 0. The Morgan fingerprint density at radius 3 is 1.93 bits per heavy atom. The monoisotopic (exact) mass is 388 g/mol. The zero-order valence-electron chi connectivity index (χ0n) is 14.8. The highest BCUT2D eigenvalue weighted by Gasteiger charge is 2.40. The Bertz CT molecular complexity index is 941. The molecule has 0 aliphatic heterocycles. The van der Waals surface area contributed by atoms with Crippen molar-refractivity contribution in [3.8, 4) is 0 Å². The molecule has 0 aromatic heterocycles. The van der Waals surface area contributed by atoms with Crippen LogP contribution in [0.4, 0.5) is 22.0 Å². The average molecular weight is 388 g/mol. The number of alkyl halides is 3. The maximum atomic E-state index is 13.5. The third-order valence-electron chi connectivity index (χ3n) is 4.43. The van der Waals surface area contributed by atoms with E-state index < -0.39 is 23.7 Å². The molecule has 0 saturated carbocycles. The second-order valence-corrected chi connectivity index (χ2v) is 6.46. The SMILES string of the molecule is Fc1ccc(/C=C/c2ccc(CC(c3ccccc3)C(F)(F)F)cc2)cc1F. The zero-order chi connectivity index (χ0) is 20.1. The van der Waals surface area contributed by atoms with Crippen LogP contribution in [0, 0.1) is 11.6 Å². The molecule has 5 heteroatoms. The summed E-state index contributed by atoms with van der Waals surface area (Å²) in [6.45, 7) is 0. The summed E-state index contributed by atoms with van der Waals surface area (Å²) in [6.07, 6.45) is -1.19. The molecule has 3 aromatic rings. The summed E-state index contributed by atoms with van der Waals surface area (Å²) < 4.78 is 66.6. The molecule has 144 valence electrons. The second kappa shape index (κ2) is 8.38. The highest BCUT2D eigenvalue weighted by atomic mass is 19.4. The van der Waals surface area contributed by atoms with Gasteiger partial charge in [0.25, 0.3) is 0 Å². The van der Waals surface area contributed by atoms with Crippen molar-refractivity contribution in [3.63, 3.8) is 0 Å². The van der Waals surface area contributed by atoms with E-state index >= 15 is 0 Å². The first kappa shape index (κ1) is 19.8. The molecule has 1 atom stereocenters. The lowest BCUT2D eigenvalue weighted by atomic mass is 9.91. The maximum Gasteiger partial charge on any atom is 0.396 e. The molecule has 0 heterocycles. The van der Waals surface area contributed by atoms with Gasteiger partial charge in [-0.1, -0.05) is 72.8 Å². The van der Waals surface area contributed by atoms with E-state index in [4.69, 9.17) is 0 Å². The third-order valence-corrected chi connectivity index (χ3v) is 4.43. The van der Waals surface area contributed by atoms with Crippen LogP contribution in [0.3, 0.4) is 0 Å². The van der Waals surface area contributed by atoms with E-state index in [1.165, 1.54) is 18.2 Å². The van der Waals surface area contributed by atoms with Crippen LogP contribution in [0.15, 0.2) is 72.8 Å². The number of hydrogen-bond donors (Lipinski definition) is 0. The van der Waals surface area contributed by atoms with Crippen LogP contribution in [0.25, 0.3) is 12.2 Å². The van der Waals surface area contributed by atoms with Crippen molar-refractivity contribution < 1.29 is 22.0 Å². The smallest absolute Gasteiger partial charge is 0.204 e. The van der Waals surface area contributed by atoms with Gasteiger partial charge < -0.3 is 0 Å². The molecule has 3 aromatic carbocycles. The van der Waals surface area contributed by atoms with Crippen molar-refractivity contribution in [2.75, 3.05) is 0 Å². The number of benzene rings is 3. The maximum absolute atomic E-state index is 13.5. The van der Waals surface area contributed by atoms with E-state index in [-0.39, 0.29) is 12.0 Å². The lowest BCUT2D eigenvalue weighted by molar-refractivity contribution is -0.150. The largest absolute Gasteiger partial charge is 0.396 e. The van der Waals surface area contributed by atoms with Crippen molar-refractivity contribution in [1.82, 2.24) is 0 Å². The summed E-state index contributed by atoms with van der Waals surface area (Å²) in [5, 5.41) is 0. The van der Waals surface area contributed by atoms with E-state index in [0.29, 0.717) is 11.1 Å². The van der Waals surface area contributed by atoms with Gasteiger partial charge in [0, 0.05) is 0 Å². The summed E-state index contributed by atoms with van der Waals surface area (Å²) >= 11 is 0. The Kier molecular flexibility index (Phi) is 5.93. The molecular weight excluding hydrogens is 371 g/mol. The Morgan fingerprint density at radius 2 is 1.32 bits per heavy atom. The Hall–Kier alpha value is -2.95. The lowest BCUT2D eigenvalue weighted by Crippen LogP contribution is -2.22. The van der Waals surface area contributed by atoms with Gasteiger partial charge in [0.2, 0.25) is 0 Å². The van der Waals surface area contributed by atoms with Crippen LogP contribution in [-0.2, 0) is 6.42 Å². The van der Waals surface area contributed by atoms with Crippen LogP contribution >= 0.6 is 0 Å². The molecule has 0 aliphatic rings. The van der Waals surface area contributed by atoms with Crippen LogP contribution < -0.4 is 0 Å². The predicted molar refractivity (Wildman–Crippen MR) is 101 cm³/mol. The highest BCUT2D eigenvalue weighted by Crippen LogP contribution is 2.37. The van der Waals surface area contributed by atoms with Crippen molar-refractivity contribution in [2.45, 2.75) is 18.5 Å². The van der Waals surface area contributed by atoms with E-state index in [2.05, 4.69) is 0 Å². The zero-order valence-corrected chi connectivity index (χ0v) is 14.8. The highest BCUT2D eigenvalue weighted by molar-refractivity contribution is 5.69. The van der Waals surface area contributed by atoms with E-state index in [9.17, 15) is 22.0 Å². The summed E-state index contributed by atoms with van der Waals surface area (Å²) in [6, 6.07) is 18.1. The number of rotatable bonds is 5. The molecule has 3 rings (SSSR count). The standard InChI is InChI=1S/C23H17F5/c24-21-13-12-18(15-22(21)25)11-8-16-6-9-17(10-7-16)14-20(23(26,27)28)19-4-2-1-3-5-19/h1-13,15,20H,14H2/b11-8+. The van der Waals surface area contributed by atoms with Crippen molar-refractivity contribution in [1.29, 1.82) is 0 Å². The number of halogens is 5. The minimum absolute atomic E-state index is 0.152. The van der Waals surface area contributed by atoms with Crippen molar-refractivity contribution >= 4 is 12.2 Å². The summed E-state index contributed by atoms with van der Waals surface area (Å²) in [7, 11) is 0. The minimum atomic E-state index is -4.34. The van der Waals surface area contributed by atoms with Gasteiger partial charge in [-0.3, -0.25) is 0 Å². The fourth-order valence-corrected chi connectivity index (χ4v) is 2.92. The number of hydrogen-bond acceptors (Lipinski definition) is 0. The third kappa shape index (κ3) is 5.06. The van der Waals surface area contributed by atoms with Crippen LogP contribution in [0.2, 0.25) is 0 Å². The predicted octanol–water partition coefficient (Wildman–Crippen LogP) is 7.02. The topological polar surface area (TPSA) is 0 Å². The van der Waals surface area contributed by atoms with E-state index in [0.717, 1.165) is 17.7 Å². The molecule has 0 N–H and O–H groups in total. The van der Waals surface area contributed by atoms with Crippen molar-refractivity contribution in [2.24, 2.45) is 0 Å². The Labute approximate surface area is 160 Å². The van der Waals surface area contributed by atoms with Crippen LogP contribution in [-0.4, -0.2) is 6.18 Å². The van der Waals surface area contributed by atoms with Gasteiger partial charge >= 0.3 is 6.18 Å². The summed E-state index contributed by atoms with van der Waals surface area (Å²) in [5.41, 5.74) is 2.04. The van der Waals surface area contributed by atoms with Crippen LogP contribution in [0.1, 0.15) is 28.2 Å². The summed E-state index contributed by atoms with van der Waals surface area (Å²) in [5.74, 6) is -3.42. The molecule has 0 saturated heterocycles. The molecule has 0 aliphatic carbocycles. The van der Waals surface area contributed by atoms with Crippen LogP contribution in [0.5, 0.6) is 0 Å². The van der Waals surface area contributed by atoms with Crippen molar-refractivity contribution in [3.05, 3.63) is 107 Å². The van der Waals surface area contributed by atoms with Gasteiger partial charge in [-0.2, -0.15) is 13.2 Å². The average Bonchev–Trinajstić information content (AvgIpc) is 2.68. The van der Waals surface area contributed by atoms with E-state index in [1.54, 1.807) is 54.6 Å². The molecule has 0 amide bonds. The fraction of sp³-hybridized carbons (Fsp3) is 0.130. The Balaban J connectivity index is 1.74. The van der Waals surface area contributed by atoms with Gasteiger partial charge in [-0.05, 0) is 40.8 Å². The van der Waals surface area contributed by atoms with Gasteiger partial charge in [-0.25, -0.2) is 8.78 Å². The van der Waals surface area contributed by atoms with Gasteiger partial charge in [-0.15, -0.1) is 0 Å². The van der Waals surface area contributed by atoms with Gasteiger partial charge in [0.1, 0.15) is 0 Å². The second-order valence-electron chi connectivity index (χ2n) is 6.46. The Morgan fingerprint density at radius 1 is 0.714 bits per heavy atom. The first-order valence-electron chi connectivity index (χ1n) is 8.66. The molecule has 1 unspecified atom stereocenters. The lowest BCUT2D eigenvalue weighted by Gasteiger charge is -2.21. The molecule has 28 heavy (non-hydrogen) atoms. The van der Waals surface area contributed by atoms with Gasteiger partial charge in [0.15, 0.2) is 11.6 Å². The molecular formula is C23H17F5. The first-order chi connectivity index (χ1) is 13.3.